The zero-order valence-electron chi connectivity index (χ0n) is 13.6. The third-order valence-corrected chi connectivity index (χ3v) is 3.50. The summed E-state index contributed by atoms with van der Waals surface area (Å²) < 4.78 is 5.63. The maximum Gasteiger partial charge on any atom is 0.262 e. The predicted octanol–water partition coefficient (Wildman–Crippen LogP) is 3.59. The minimum atomic E-state index is -0.178. The molecule has 1 amide bonds. The number of nitrogens with one attached hydrogen (secondary N) is 1. The number of aromatic nitrogens is 1. The Morgan fingerprint density at radius 2 is 1.95 bits per heavy atom. The van der Waals surface area contributed by atoms with Crippen molar-refractivity contribution < 1.29 is 9.53 Å². The van der Waals surface area contributed by atoms with E-state index in [2.05, 4.69) is 17.2 Å². The molecule has 0 radical (unpaired) electrons. The van der Waals surface area contributed by atoms with Gasteiger partial charge in [-0.25, -0.2) is 0 Å². The van der Waals surface area contributed by atoms with Crippen molar-refractivity contribution in [3.05, 3.63) is 52.8 Å². The van der Waals surface area contributed by atoms with Gasteiger partial charge in [0.15, 0.2) is 6.61 Å². The van der Waals surface area contributed by atoms with E-state index in [0.717, 1.165) is 40.4 Å². The lowest BCUT2D eigenvalue weighted by molar-refractivity contribution is -0.118. The first-order chi connectivity index (χ1) is 10.5. The van der Waals surface area contributed by atoms with Gasteiger partial charge in [-0.05, 0) is 50.5 Å². The summed E-state index contributed by atoms with van der Waals surface area (Å²) in [6, 6.07) is 9.72. The highest BCUT2D eigenvalue weighted by Crippen LogP contribution is 2.20. The standard InChI is InChI=1S/C18H22N2O2/c1-5-15-8-6-7-9-16(15)22-11-17(21)20-18-12(2)10-13(3)19-14(18)4/h6-10H,5,11H2,1-4H3,(H,20,21). The van der Waals surface area contributed by atoms with Crippen LogP contribution in [0.3, 0.4) is 0 Å². The Bertz CT molecular complexity index is 658. The van der Waals surface area contributed by atoms with Gasteiger partial charge in [-0.1, -0.05) is 25.1 Å². The quantitative estimate of drug-likeness (QED) is 0.917. The zero-order chi connectivity index (χ0) is 16.1. The van der Waals surface area contributed by atoms with Crippen LogP contribution >= 0.6 is 0 Å². The largest absolute Gasteiger partial charge is 0.483 e. The van der Waals surface area contributed by atoms with Crippen LogP contribution in [0.1, 0.15) is 29.4 Å². The molecule has 0 fully saturated rings. The average Bonchev–Trinajstić information content (AvgIpc) is 2.49. The first-order valence-corrected chi connectivity index (χ1v) is 7.46. The highest BCUT2D eigenvalue weighted by molar-refractivity contribution is 5.93. The molecule has 2 aromatic rings. The molecule has 4 nitrogen and oxygen atoms in total. The summed E-state index contributed by atoms with van der Waals surface area (Å²) in [6.45, 7) is 7.85. The van der Waals surface area contributed by atoms with Crippen LogP contribution in [0.4, 0.5) is 5.69 Å². The number of benzene rings is 1. The van der Waals surface area contributed by atoms with Gasteiger partial charge >= 0.3 is 0 Å². The van der Waals surface area contributed by atoms with Gasteiger partial charge in [0.1, 0.15) is 5.75 Å². The second-order valence-electron chi connectivity index (χ2n) is 5.34. The van der Waals surface area contributed by atoms with E-state index in [4.69, 9.17) is 4.74 Å². The number of para-hydroxylation sites is 1. The Labute approximate surface area is 131 Å². The van der Waals surface area contributed by atoms with Gasteiger partial charge in [0.2, 0.25) is 0 Å². The average molecular weight is 298 g/mol. The maximum atomic E-state index is 12.1. The number of ether oxygens (including phenoxy) is 1. The number of pyridine rings is 1. The molecule has 116 valence electrons. The van der Waals surface area contributed by atoms with Crippen LogP contribution in [0.15, 0.2) is 30.3 Å². The smallest absolute Gasteiger partial charge is 0.262 e. The van der Waals surface area contributed by atoms with E-state index < -0.39 is 0 Å². The molecular weight excluding hydrogens is 276 g/mol. The van der Waals surface area contributed by atoms with E-state index in [1.54, 1.807) is 0 Å². The van der Waals surface area contributed by atoms with Crippen LogP contribution in [-0.2, 0) is 11.2 Å². The molecule has 0 aliphatic heterocycles. The highest BCUT2D eigenvalue weighted by atomic mass is 16.5. The Hall–Kier alpha value is -2.36. The minimum absolute atomic E-state index is 0.0101. The van der Waals surface area contributed by atoms with Crippen LogP contribution in [0.2, 0.25) is 0 Å². The molecule has 1 aromatic heterocycles. The predicted molar refractivity (Wildman–Crippen MR) is 88.4 cm³/mol. The van der Waals surface area contributed by atoms with E-state index in [9.17, 15) is 4.79 Å². The third-order valence-electron chi connectivity index (χ3n) is 3.50. The molecule has 0 saturated carbocycles. The third kappa shape index (κ3) is 3.85. The summed E-state index contributed by atoms with van der Waals surface area (Å²) in [4.78, 5) is 16.5. The fourth-order valence-corrected chi connectivity index (χ4v) is 2.47. The molecule has 22 heavy (non-hydrogen) atoms. The number of aryl methyl sites for hydroxylation is 4. The van der Waals surface area contributed by atoms with Crippen molar-refractivity contribution in [3.63, 3.8) is 0 Å². The number of rotatable bonds is 5. The number of amides is 1. The Morgan fingerprint density at radius 1 is 1.23 bits per heavy atom. The second kappa shape index (κ2) is 7.07. The molecule has 0 atom stereocenters. The monoisotopic (exact) mass is 298 g/mol. The van der Waals surface area contributed by atoms with Gasteiger partial charge in [-0.15, -0.1) is 0 Å². The van der Waals surface area contributed by atoms with E-state index >= 15 is 0 Å². The minimum Gasteiger partial charge on any atom is -0.483 e. The Morgan fingerprint density at radius 3 is 2.64 bits per heavy atom. The van der Waals surface area contributed by atoms with Gasteiger partial charge < -0.3 is 10.1 Å². The van der Waals surface area contributed by atoms with Crippen LogP contribution < -0.4 is 10.1 Å². The molecular formula is C18H22N2O2. The first kappa shape index (κ1) is 16.0. The number of hydrogen-bond acceptors (Lipinski definition) is 3. The molecule has 1 heterocycles. The summed E-state index contributed by atoms with van der Waals surface area (Å²) >= 11 is 0. The van der Waals surface area contributed by atoms with Crippen molar-refractivity contribution in [2.45, 2.75) is 34.1 Å². The Kier molecular flexibility index (Phi) is 5.15. The molecule has 0 saturated heterocycles. The summed E-state index contributed by atoms with van der Waals surface area (Å²) in [5.74, 6) is 0.582. The van der Waals surface area contributed by atoms with Gasteiger partial charge in [0.05, 0.1) is 11.4 Å². The van der Waals surface area contributed by atoms with Crippen LogP contribution in [0, 0.1) is 20.8 Å². The number of nitrogens with zero attached hydrogens (tertiary/aromatic N) is 1. The fraction of sp³-hybridized carbons (Fsp3) is 0.333. The van der Waals surface area contributed by atoms with Crippen molar-refractivity contribution >= 4 is 11.6 Å². The molecule has 2 rings (SSSR count). The topological polar surface area (TPSA) is 51.2 Å². The second-order valence-corrected chi connectivity index (χ2v) is 5.34. The lowest BCUT2D eigenvalue weighted by Gasteiger charge is -2.13. The van der Waals surface area contributed by atoms with Crippen molar-refractivity contribution in [2.24, 2.45) is 0 Å². The van der Waals surface area contributed by atoms with Gasteiger partial charge in [0.25, 0.3) is 5.91 Å². The molecule has 0 bridgehead atoms. The van der Waals surface area contributed by atoms with Gasteiger partial charge in [-0.3, -0.25) is 9.78 Å². The summed E-state index contributed by atoms with van der Waals surface area (Å²) in [5.41, 5.74) is 4.64. The van der Waals surface area contributed by atoms with Gasteiger partial charge in [0, 0.05) is 5.69 Å². The molecule has 4 heteroatoms. The van der Waals surface area contributed by atoms with Crippen molar-refractivity contribution in [2.75, 3.05) is 11.9 Å². The molecule has 0 aliphatic carbocycles. The van der Waals surface area contributed by atoms with E-state index in [0.29, 0.717) is 0 Å². The summed E-state index contributed by atoms with van der Waals surface area (Å²) in [7, 11) is 0. The van der Waals surface area contributed by atoms with E-state index in [-0.39, 0.29) is 12.5 Å². The lowest BCUT2D eigenvalue weighted by atomic mass is 10.1. The molecule has 0 spiro atoms. The molecule has 0 aliphatic rings. The van der Waals surface area contributed by atoms with E-state index in [1.807, 2.05) is 51.1 Å². The highest BCUT2D eigenvalue weighted by Gasteiger charge is 2.10. The maximum absolute atomic E-state index is 12.1. The van der Waals surface area contributed by atoms with Crippen molar-refractivity contribution in [1.82, 2.24) is 4.98 Å². The molecule has 0 unspecified atom stereocenters. The summed E-state index contributed by atoms with van der Waals surface area (Å²) in [6.07, 6.45) is 0.873. The normalized spacial score (nSPS) is 10.4. The van der Waals surface area contributed by atoms with Crippen LogP contribution in [0.25, 0.3) is 0 Å². The number of carbonyl (C=O) groups excluding carboxylic acids is 1. The summed E-state index contributed by atoms with van der Waals surface area (Å²) in [5, 5.41) is 2.89. The van der Waals surface area contributed by atoms with Crippen molar-refractivity contribution in [1.29, 1.82) is 0 Å². The van der Waals surface area contributed by atoms with Crippen LogP contribution in [0.5, 0.6) is 5.75 Å². The first-order valence-electron chi connectivity index (χ1n) is 7.46. The Balaban J connectivity index is 2.02. The van der Waals surface area contributed by atoms with Crippen molar-refractivity contribution in [3.8, 4) is 5.75 Å². The van der Waals surface area contributed by atoms with Crippen LogP contribution in [-0.4, -0.2) is 17.5 Å². The van der Waals surface area contributed by atoms with E-state index in [1.165, 1.54) is 0 Å². The lowest BCUT2D eigenvalue weighted by Crippen LogP contribution is -2.22. The zero-order valence-corrected chi connectivity index (χ0v) is 13.6. The fourth-order valence-electron chi connectivity index (χ4n) is 2.47. The SMILES string of the molecule is CCc1ccccc1OCC(=O)Nc1c(C)cc(C)nc1C. The molecule has 1 N–H and O–H groups in total. The number of anilines is 1. The van der Waals surface area contributed by atoms with Gasteiger partial charge in [-0.2, -0.15) is 0 Å². The number of carbonyl (C=O) groups is 1. The molecule has 1 aromatic carbocycles. The number of hydrogen-bond donors (Lipinski definition) is 1.